The lowest BCUT2D eigenvalue weighted by atomic mass is 9.64. The summed E-state index contributed by atoms with van der Waals surface area (Å²) in [6, 6.07) is 0.555. The number of carbonyl (C=O) groups excluding carboxylic acids is 3. The Hall–Kier alpha value is -2.67. The molecule has 1 spiro atoms. The Balaban J connectivity index is 1.41. The Bertz CT molecular complexity index is 1220. The first-order valence-corrected chi connectivity index (χ1v) is 13.2. The van der Waals surface area contributed by atoms with Crippen LogP contribution in [0.3, 0.4) is 0 Å². The third-order valence-corrected chi connectivity index (χ3v) is 9.04. The molecule has 13 heteroatoms. The van der Waals surface area contributed by atoms with E-state index < -0.39 is 62.3 Å². The number of sulfonamides is 1. The van der Waals surface area contributed by atoms with E-state index in [4.69, 9.17) is 0 Å². The average Bonchev–Trinajstić information content (AvgIpc) is 2.99. The molecule has 1 aromatic carbocycles. The van der Waals surface area contributed by atoms with Gasteiger partial charge in [-0.1, -0.05) is 20.8 Å². The maximum Gasteiger partial charge on any atom is 0.325 e. The number of nitrogens with one attached hydrogen (secondary N) is 1. The normalized spacial score (nSPS) is 27.0. The molecule has 1 N–H and O–H groups in total. The van der Waals surface area contributed by atoms with Crippen LogP contribution in [0.5, 0.6) is 0 Å². The zero-order valence-corrected chi connectivity index (χ0v) is 21.1. The van der Waals surface area contributed by atoms with Crippen molar-refractivity contribution in [2.45, 2.75) is 50.5 Å². The van der Waals surface area contributed by atoms with Crippen molar-refractivity contribution in [3.63, 3.8) is 0 Å². The van der Waals surface area contributed by atoms with Crippen molar-refractivity contribution >= 4 is 27.9 Å². The van der Waals surface area contributed by atoms with Gasteiger partial charge >= 0.3 is 6.03 Å². The molecule has 3 aliphatic rings. The van der Waals surface area contributed by atoms with E-state index in [0.717, 1.165) is 15.6 Å². The van der Waals surface area contributed by atoms with Gasteiger partial charge in [0.15, 0.2) is 17.5 Å². The summed E-state index contributed by atoms with van der Waals surface area (Å²) < 4.78 is 67.2. The Kier molecular flexibility index (Phi) is 6.61. The number of nitrogens with zero attached hydrogens (tertiary/aromatic N) is 3. The summed E-state index contributed by atoms with van der Waals surface area (Å²) in [6.45, 7) is 5.02. The number of amides is 4. The van der Waals surface area contributed by atoms with Gasteiger partial charge in [-0.2, -0.15) is 4.31 Å². The maximum atomic E-state index is 14.1. The molecule has 2 saturated heterocycles. The number of halogens is 3. The summed E-state index contributed by atoms with van der Waals surface area (Å²) in [4.78, 5) is 40.1. The standard InChI is InChI=1S/C23H29F3N4O5S/c1-14-10-22(2,3)13-23(11-14)20(32)30(21(33)27-23)12-17(31)28-6-8-29(9-7-28)36(34,35)16-5-4-15(24)18(25)19(16)26/h4-5,14H,6-13H2,1-3H3,(H,27,33)/t14-,23-/m0/s1. The van der Waals surface area contributed by atoms with Gasteiger partial charge in [-0.3, -0.25) is 14.5 Å². The van der Waals surface area contributed by atoms with Crippen molar-refractivity contribution in [1.82, 2.24) is 19.4 Å². The summed E-state index contributed by atoms with van der Waals surface area (Å²) >= 11 is 0. The van der Waals surface area contributed by atoms with Crippen LogP contribution in [0.25, 0.3) is 0 Å². The molecule has 3 fully saturated rings. The lowest BCUT2D eigenvalue weighted by Gasteiger charge is -2.43. The molecule has 0 unspecified atom stereocenters. The van der Waals surface area contributed by atoms with Crippen LogP contribution in [-0.4, -0.2) is 78.6 Å². The molecule has 0 aromatic heterocycles. The van der Waals surface area contributed by atoms with Gasteiger partial charge in [-0.15, -0.1) is 0 Å². The molecule has 2 aliphatic heterocycles. The summed E-state index contributed by atoms with van der Waals surface area (Å²) in [5.41, 5.74) is -1.20. The van der Waals surface area contributed by atoms with E-state index in [-0.39, 0.29) is 37.5 Å². The summed E-state index contributed by atoms with van der Waals surface area (Å²) in [7, 11) is -4.47. The number of imide groups is 1. The van der Waals surface area contributed by atoms with Crippen LogP contribution in [-0.2, 0) is 19.6 Å². The van der Waals surface area contributed by atoms with Crippen molar-refractivity contribution in [1.29, 1.82) is 0 Å². The van der Waals surface area contributed by atoms with E-state index in [1.165, 1.54) is 4.90 Å². The molecular formula is C23H29F3N4O5S. The van der Waals surface area contributed by atoms with Gasteiger partial charge in [0.05, 0.1) is 0 Å². The molecule has 198 valence electrons. The summed E-state index contributed by atoms with van der Waals surface area (Å²) in [5, 5.41) is 2.81. The average molecular weight is 531 g/mol. The largest absolute Gasteiger partial charge is 0.338 e. The van der Waals surface area contributed by atoms with Gasteiger partial charge in [0.2, 0.25) is 15.9 Å². The lowest BCUT2D eigenvalue weighted by Crippen LogP contribution is -2.55. The van der Waals surface area contributed by atoms with Gasteiger partial charge in [0.25, 0.3) is 5.91 Å². The second-order valence-corrected chi connectivity index (χ2v) is 12.6. The van der Waals surface area contributed by atoms with E-state index in [9.17, 15) is 36.0 Å². The molecule has 0 bridgehead atoms. The predicted molar refractivity (Wildman–Crippen MR) is 121 cm³/mol. The molecule has 4 rings (SSSR count). The van der Waals surface area contributed by atoms with E-state index >= 15 is 0 Å². The molecule has 2 atom stereocenters. The van der Waals surface area contributed by atoms with E-state index in [0.29, 0.717) is 25.0 Å². The van der Waals surface area contributed by atoms with Crippen LogP contribution in [0.15, 0.2) is 17.0 Å². The number of benzene rings is 1. The highest BCUT2D eigenvalue weighted by Crippen LogP contribution is 2.46. The molecule has 9 nitrogen and oxygen atoms in total. The highest BCUT2D eigenvalue weighted by Gasteiger charge is 2.56. The number of rotatable bonds is 4. The Labute approximate surface area is 207 Å². The fourth-order valence-corrected chi connectivity index (χ4v) is 7.39. The number of piperazine rings is 1. The first-order valence-electron chi connectivity index (χ1n) is 11.7. The fraction of sp³-hybridized carbons (Fsp3) is 0.609. The Morgan fingerprint density at radius 3 is 2.31 bits per heavy atom. The molecule has 1 aliphatic carbocycles. The van der Waals surface area contributed by atoms with E-state index in [1.807, 2.05) is 20.8 Å². The predicted octanol–water partition coefficient (Wildman–Crippen LogP) is 2.07. The lowest BCUT2D eigenvalue weighted by molar-refractivity contribution is -0.141. The van der Waals surface area contributed by atoms with Crippen molar-refractivity contribution < 1.29 is 36.0 Å². The first kappa shape index (κ1) is 26.4. The minimum Gasteiger partial charge on any atom is -0.338 e. The van der Waals surface area contributed by atoms with Crippen LogP contribution >= 0.6 is 0 Å². The van der Waals surface area contributed by atoms with Crippen molar-refractivity contribution in [2.75, 3.05) is 32.7 Å². The minimum absolute atomic E-state index is 0.0811. The Morgan fingerprint density at radius 2 is 1.69 bits per heavy atom. The highest BCUT2D eigenvalue weighted by molar-refractivity contribution is 7.89. The topological polar surface area (TPSA) is 107 Å². The molecule has 4 amide bonds. The quantitative estimate of drug-likeness (QED) is 0.474. The second-order valence-electron chi connectivity index (χ2n) is 10.7. The second kappa shape index (κ2) is 9.02. The molecule has 0 radical (unpaired) electrons. The van der Waals surface area contributed by atoms with Crippen molar-refractivity contribution in [3.05, 3.63) is 29.6 Å². The molecule has 36 heavy (non-hydrogen) atoms. The zero-order chi connectivity index (χ0) is 26.6. The van der Waals surface area contributed by atoms with Gasteiger partial charge in [-0.25, -0.2) is 26.4 Å². The molecular weight excluding hydrogens is 501 g/mol. The van der Waals surface area contributed by atoms with Crippen LogP contribution in [0.1, 0.15) is 40.0 Å². The van der Waals surface area contributed by atoms with Gasteiger partial charge in [0.1, 0.15) is 17.0 Å². The van der Waals surface area contributed by atoms with Gasteiger partial charge in [-0.05, 0) is 42.7 Å². The minimum atomic E-state index is -4.47. The Morgan fingerprint density at radius 1 is 1.06 bits per heavy atom. The zero-order valence-electron chi connectivity index (χ0n) is 20.3. The van der Waals surface area contributed by atoms with E-state index in [1.54, 1.807) is 0 Å². The van der Waals surface area contributed by atoms with Crippen LogP contribution < -0.4 is 5.32 Å². The highest BCUT2D eigenvalue weighted by atomic mass is 32.2. The number of urea groups is 1. The van der Waals surface area contributed by atoms with Crippen LogP contribution in [0.2, 0.25) is 0 Å². The summed E-state index contributed by atoms with van der Waals surface area (Å²) in [6.07, 6.45) is 1.87. The third kappa shape index (κ3) is 4.58. The van der Waals surface area contributed by atoms with Crippen molar-refractivity contribution in [3.8, 4) is 0 Å². The third-order valence-electron chi connectivity index (χ3n) is 7.13. The first-order chi connectivity index (χ1) is 16.7. The SMILES string of the molecule is C[C@H]1CC(C)(C)C[C@]2(C1)NC(=O)N(CC(=O)N1CCN(S(=O)(=O)c3ccc(F)c(F)c3F)CC1)C2=O. The maximum absolute atomic E-state index is 14.1. The number of hydrogen-bond donors (Lipinski definition) is 1. The van der Waals surface area contributed by atoms with Crippen LogP contribution in [0, 0.1) is 28.8 Å². The molecule has 2 heterocycles. The summed E-state index contributed by atoms with van der Waals surface area (Å²) in [5.74, 6) is -5.95. The molecule has 1 saturated carbocycles. The van der Waals surface area contributed by atoms with Gasteiger partial charge in [0, 0.05) is 26.2 Å². The van der Waals surface area contributed by atoms with Crippen LogP contribution in [0.4, 0.5) is 18.0 Å². The van der Waals surface area contributed by atoms with Gasteiger partial charge < -0.3 is 10.2 Å². The number of hydrogen-bond acceptors (Lipinski definition) is 5. The number of carbonyl (C=O) groups is 3. The smallest absolute Gasteiger partial charge is 0.325 e. The fourth-order valence-electron chi connectivity index (χ4n) is 5.91. The monoisotopic (exact) mass is 530 g/mol. The van der Waals surface area contributed by atoms with Crippen molar-refractivity contribution in [2.24, 2.45) is 11.3 Å². The van der Waals surface area contributed by atoms with E-state index in [2.05, 4.69) is 5.32 Å². The molecule has 1 aromatic rings.